The summed E-state index contributed by atoms with van der Waals surface area (Å²) in [5.74, 6) is -1.02. The molecule has 0 aromatic carbocycles. The quantitative estimate of drug-likeness (QED) is 0.0381. The second-order valence-corrected chi connectivity index (χ2v) is 14.0. The second kappa shape index (κ2) is 32.2. The zero-order valence-corrected chi connectivity index (χ0v) is 29.8. The molecule has 2 unspecified atom stereocenters. The molecule has 0 aromatic heterocycles. The van der Waals surface area contributed by atoms with Gasteiger partial charge in [-0.25, -0.2) is 0 Å². The molecule has 0 rings (SSSR count). The first-order valence-corrected chi connectivity index (χ1v) is 19.9. The fourth-order valence-electron chi connectivity index (χ4n) is 5.29. The Morgan fingerprint density at radius 2 is 1.07 bits per heavy atom. The summed E-state index contributed by atoms with van der Waals surface area (Å²) in [6, 6.07) is -1.07. The van der Waals surface area contributed by atoms with Crippen molar-refractivity contribution >= 4 is 16.0 Å². The maximum Gasteiger partial charge on any atom is 0.267 e. The van der Waals surface area contributed by atoms with E-state index in [1.54, 1.807) is 6.08 Å². The van der Waals surface area contributed by atoms with Crippen molar-refractivity contribution in [1.29, 1.82) is 0 Å². The Balaban J connectivity index is 4.03. The van der Waals surface area contributed by atoms with Crippen LogP contribution in [0.15, 0.2) is 48.6 Å². The van der Waals surface area contributed by atoms with Crippen LogP contribution in [0.25, 0.3) is 0 Å². The van der Waals surface area contributed by atoms with Gasteiger partial charge >= 0.3 is 0 Å². The third kappa shape index (κ3) is 33.5. The average Bonchev–Trinajstić information content (AvgIpc) is 3.00. The highest BCUT2D eigenvalue weighted by Crippen LogP contribution is 2.14. The highest BCUT2D eigenvalue weighted by atomic mass is 32.2. The van der Waals surface area contributed by atoms with Crippen molar-refractivity contribution in [2.45, 2.75) is 180 Å². The first kappa shape index (κ1) is 43.3. The molecule has 1 amide bonds. The molecule has 0 saturated carbocycles. The van der Waals surface area contributed by atoms with E-state index in [0.29, 0.717) is 6.42 Å². The lowest BCUT2D eigenvalue weighted by molar-refractivity contribution is -0.122. The molecular formula is C38H69NO5S. The lowest BCUT2D eigenvalue weighted by Gasteiger charge is -2.21. The number of hydrogen-bond acceptors (Lipinski definition) is 4. The van der Waals surface area contributed by atoms with E-state index in [1.807, 2.05) is 6.08 Å². The van der Waals surface area contributed by atoms with E-state index in [2.05, 4.69) is 55.6 Å². The zero-order valence-electron chi connectivity index (χ0n) is 29.0. The minimum Gasteiger partial charge on any atom is -0.387 e. The Bertz CT molecular complexity index is 894. The van der Waals surface area contributed by atoms with Gasteiger partial charge in [0, 0.05) is 6.42 Å². The van der Waals surface area contributed by atoms with Crippen molar-refractivity contribution in [1.82, 2.24) is 5.32 Å². The largest absolute Gasteiger partial charge is 0.387 e. The molecule has 0 aliphatic rings. The first-order chi connectivity index (χ1) is 21.8. The van der Waals surface area contributed by atoms with Crippen LogP contribution in [0, 0.1) is 0 Å². The van der Waals surface area contributed by atoms with Gasteiger partial charge in [0.25, 0.3) is 10.1 Å². The van der Waals surface area contributed by atoms with Crippen molar-refractivity contribution in [3.8, 4) is 0 Å². The Hall–Kier alpha value is -1.70. The third-order valence-electron chi connectivity index (χ3n) is 8.01. The van der Waals surface area contributed by atoms with E-state index in [1.165, 1.54) is 83.5 Å². The molecule has 7 heteroatoms. The van der Waals surface area contributed by atoms with Crippen LogP contribution < -0.4 is 5.32 Å². The predicted molar refractivity (Wildman–Crippen MR) is 193 cm³/mol. The highest BCUT2D eigenvalue weighted by Gasteiger charge is 2.24. The number of hydrogen-bond donors (Lipinski definition) is 3. The summed E-state index contributed by atoms with van der Waals surface area (Å²) in [6.07, 6.45) is 42.4. The summed E-state index contributed by atoms with van der Waals surface area (Å²) >= 11 is 0. The molecule has 0 bridgehead atoms. The van der Waals surface area contributed by atoms with Crippen molar-refractivity contribution in [3.05, 3.63) is 48.6 Å². The topological polar surface area (TPSA) is 104 Å². The minimum atomic E-state index is -4.35. The third-order valence-corrected chi connectivity index (χ3v) is 8.79. The molecule has 0 saturated heterocycles. The van der Waals surface area contributed by atoms with Crippen LogP contribution in [0.4, 0.5) is 0 Å². The highest BCUT2D eigenvalue weighted by molar-refractivity contribution is 7.85. The van der Waals surface area contributed by atoms with E-state index < -0.39 is 28.0 Å². The zero-order chi connectivity index (χ0) is 33.3. The van der Waals surface area contributed by atoms with E-state index in [-0.39, 0.29) is 12.3 Å². The molecule has 3 N–H and O–H groups in total. The van der Waals surface area contributed by atoms with Gasteiger partial charge in [0.15, 0.2) is 0 Å². The summed E-state index contributed by atoms with van der Waals surface area (Å²) in [5.41, 5.74) is 0. The number of unbranched alkanes of at least 4 members (excludes halogenated alkanes) is 18. The number of rotatable bonds is 32. The number of carbonyl (C=O) groups is 1. The molecular weight excluding hydrogens is 582 g/mol. The van der Waals surface area contributed by atoms with E-state index in [4.69, 9.17) is 0 Å². The first-order valence-electron chi connectivity index (χ1n) is 18.3. The number of aliphatic hydroxyl groups excluding tert-OH is 1. The van der Waals surface area contributed by atoms with Crippen LogP contribution in [-0.2, 0) is 14.9 Å². The molecule has 6 nitrogen and oxygen atoms in total. The minimum absolute atomic E-state index is 0.259. The van der Waals surface area contributed by atoms with Crippen LogP contribution in [0.5, 0.6) is 0 Å². The summed E-state index contributed by atoms with van der Waals surface area (Å²) in [7, 11) is -4.35. The molecule has 2 atom stereocenters. The van der Waals surface area contributed by atoms with Crippen LogP contribution in [0.3, 0.4) is 0 Å². The van der Waals surface area contributed by atoms with Crippen molar-refractivity contribution in [2.24, 2.45) is 0 Å². The molecule has 0 spiro atoms. The standard InChI is InChI=1S/C38H69NO5S/c1-3-5-7-9-11-13-15-17-18-19-20-22-23-25-27-29-31-33-37(40)36(35-45(42,43)44)39-38(41)34-32-30-28-26-24-21-16-14-12-10-8-6-4-2/h6,8,12,14,21,24,31,33,36-37,40H,3-5,7,9-11,13,15-20,22-23,25-30,32,34-35H2,1-2H3,(H,39,41)(H,42,43,44)/b8-6-,14-12-,24-21-,33-31+. The van der Waals surface area contributed by atoms with Gasteiger partial charge in [-0.1, -0.05) is 159 Å². The SMILES string of the molecule is CC/C=C\C/C=C\C/C=C\CCCCCC(=O)NC(CS(=O)(=O)O)C(O)/C=C/CCCCCCCCCCCCCCCCC. The van der Waals surface area contributed by atoms with Crippen LogP contribution in [0.1, 0.15) is 168 Å². The average molecular weight is 652 g/mol. The van der Waals surface area contributed by atoms with Crippen molar-refractivity contribution in [3.63, 3.8) is 0 Å². The van der Waals surface area contributed by atoms with Crippen molar-refractivity contribution < 1.29 is 22.9 Å². The van der Waals surface area contributed by atoms with Gasteiger partial charge in [0.2, 0.25) is 5.91 Å². The number of nitrogens with one attached hydrogen (secondary N) is 1. The smallest absolute Gasteiger partial charge is 0.267 e. The number of amides is 1. The molecule has 0 radical (unpaired) electrons. The maximum atomic E-state index is 12.4. The fraction of sp³-hybridized carbons (Fsp3) is 0.763. The molecule has 0 aliphatic heterocycles. The maximum absolute atomic E-state index is 12.4. The van der Waals surface area contributed by atoms with Gasteiger partial charge in [0.05, 0.1) is 17.9 Å². The Morgan fingerprint density at radius 1 is 0.622 bits per heavy atom. The number of aliphatic hydroxyl groups is 1. The molecule has 45 heavy (non-hydrogen) atoms. The molecule has 0 heterocycles. The van der Waals surface area contributed by atoms with Gasteiger partial charge < -0.3 is 10.4 Å². The summed E-state index contributed by atoms with van der Waals surface area (Å²) in [5, 5.41) is 13.2. The lowest BCUT2D eigenvalue weighted by atomic mass is 10.0. The van der Waals surface area contributed by atoms with E-state index in [9.17, 15) is 22.9 Å². The Labute approximate surface area is 278 Å². The van der Waals surface area contributed by atoms with Crippen LogP contribution >= 0.6 is 0 Å². The fourth-order valence-corrected chi connectivity index (χ4v) is 6.02. The van der Waals surface area contributed by atoms with Crippen molar-refractivity contribution in [2.75, 3.05) is 5.75 Å². The van der Waals surface area contributed by atoms with Gasteiger partial charge in [-0.2, -0.15) is 8.42 Å². The second-order valence-electron chi connectivity index (χ2n) is 12.5. The monoisotopic (exact) mass is 651 g/mol. The molecule has 0 aromatic rings. The Kier molecular flexibility index (Phi) is 31.0. The molecule has 262 valence electrons. The van der Waals surface area contributed by atoms with Gasteiger partial charge in [-0.05, 0) is 51.4 Å². The van der Waals surface area contributed by atoms with Gasteiger partial charge in [-0.15, -0.1) is 0 Å². The van der Waals surface area contributed by atoms with Crippen LogP contribution in [-0.4, -0.2) is 41.9 Å². The van der Waals surface area contributed by atoms with Gasteiger partial charge in [-0.3, -0.25) is 9.35 Å². The summed E-state index contributed by atoms with van der Waals surface area (Å²) < 4.78 is 32.3. The predicted octanol–water partition coefficient (Wildman–Crippen LogP) is 10.3. The number of carbonyl (C=O) groups excluding carboxylic acids is 1. The normalized spacial score (nSPS) is 14.0. The van der Waals surface area contributed by atoms with E-state index >= 15 is 0 Å². The summed E-state index contributed by atoms with van der Waals surface area (Å²) in [6.45, 7) is 4.39. The molecule has 0 fully saturated rings. The Morgan fingerprint density at radius 3 is 1.58 bits per heavy atom. The van der Waals surface area contributed by atoms with E-state index in [0.717, 1.165) is 57.8 Å². The number of allylic oxidation sites excluding steroid dienone is 7. The summed E-state index contributed by atoms with van der Waals surface area (Å²) in [4.78, 5) is 12.4. The molecule has 0 aliphatic carbocycles. The van der Waals surface area contributed by atoms with Gasteiger partial charge in [0.1, 0.15) is 0 Å². The lowest BCUT2D eigenvalue weighted by Crippen LogP contribution is -2.46. The van der Waals surface area contributed by atoms with Crippen LogP contribution in [0.2, 0.25) is 0 Å².